The summed E-state index contributed by atoms with van der Waals surface area (Å²) in [5.74, 6) is -0.467. The molecule has 0 aliphatic carbocycles. The lowest BCUT2D eigenvalue weighted by Gasteiger charge is -2.26. The largest absolute Gasteiger partial charge is 0.329 e. The SMILES string of the molecule is CC(C)(C)CCN(CC(=O)Nc1cccc(Cl)c1)C(=O)c1ccc(Cl)cc1. The van der Waals surface area contributed by atoms with E-state index in [1.165, 1.54) is 0 Å². The Labute approximate surface area is 170 Å². The predicted molar refractivity (Wildman–Crippen MR) is 112 cm³/mol. The Morgan fingerprint density at radius 2 is 1.67 bits per heavy atom. The van der Waals surface area contributed by atoms with Crippen molar-refractivity contribution in [3.8, 4) is 0 Å². The van der Waals surface area contributed by atoms with Crippen LogP contribution in [0.15, 0.2) is 48.5 Å². The molecule has 0 aromatic heterocycles. The Morgan fingerprint density at radius 1 is 1.00 bits per heavy atom. The van der Waals surface area contributed by atoms with E-state index in [-0.39, 0.29) is 23.8 Å². The normalized spacial score (nSPS) is 11.1. The second kappa shape index (κ2) is 9.25. The monoisotopic (exact) mass is 406 g/mol. The molecule has 0 heterocycles. The minimum atomic E-state index is -0.270. The number of anilines is 1. The van der Waals surface area contributed by atoms with Gasteiger partial charge in [0, 0.05) is 27.8 Å². The summed E-state index contributed by atoms with van der Waals surface area (Å²) >= 11 is 11.9. The van der Waals surface area contributed by atoms with Crippen LogP contribution in [0.3, 0.4) is 0 Å². The maximum absolute atomic E-state index is 12.9. The van der Waals surface area contributed by atoms with E-state index in [2.05, 4.69) is 26.1 Å². The van der Waals surface area contributed by atoms with Crippen molar-refractivity contribution in [2.45, 2.75) is 27.2 Å². The van der Waals surface area contributed by atoms with Crippen molar-refractivity contribution >= 4 is 40.7 Å². The van der Waals surface area contributed by atoms with Crippen molar-refractivity contribution in [1.82, 2.24) is 4.90 Å². The van der Waals surface area contributed by atoms with Gasteiger partial charge in [0.25, 0.3) is 5.91 Å². The van der Waals surface area contributed by atoms with Gasteiger partial charge in [-0.2, -0.15) is 0 Å². The smallest absolute Gasteiger partial charge is 0.254 e. The Balaban J connectivity index is 2.12. The molecule has 0 radical (unpaired) electrons. The molecule has 0 spiro atoms. The molecular formula is C21H24Cl2N2O2. The Hall–Kier alpha value is -2.04. The summed E-state index contributed by atoms with van der Waals surface area (Å²) < 4.78 is 0. The number of carbonyl (C=O) groups is 2. The fourth-order valence-corrected chi connectivity index (χ4v) is 2.75. The topological polar surface area (TPSA) is 49.4 Å². The standard InChI is InChI=1S/C21H24Cl2N2O2/c1-21(2,3)11-12-25(20(27)15-7-9-16(22)10-8-15)14-19(26)24-18-6-4-5-17(23)13-18/h4-10,13H,11-12,14H2,1-3H3,(H,24,26). The van der Waals surface area contributed by atoms with Crippen molar-refractivity contribution in [2.75, 3.05) is 18.4 Å². The highest BCUT2D eigenvalue weighted by Gasteiger charge is 2.21. The van der Waals surface area contributed by atoms with Crippen molar-refractivity contribution in [3.63, 3.8) is 0 Å². The van der Waals surface area contributed by atoms with Crippen molar-refractivity contribution < 1.29 is 9.59 Å². The van der Waals surface area contributed by atoms with Gasteiger partial charge in [0.05, 0.1) is 0 Å². The summed E-state index contributed by atoms with van der Waals surface area (Å²) in [7, 11) is 0. The van der Waals surface area contributed by atoms with Crippen molar-refractivity contribution in [1.29, 1.82) is 0 Å². The molecule has 0 unspecified atom stereocenters. The summed E-state index contributed by atoms with van der Waals surface area (Å²) in [6.07, 6.45) is 0.775. The molecule has 0 fully saturated rings. The number of rotatable bonds is 6. The molecule has 0 saturated heterocycles. The first-order chi connectivity index (χ1) is 12.6. The highest BCUT2D eigenvalue weighted by atomic mass is 35.5. The van der Waals surface area contributed by atoms with Gasteiger partial charge < -0.3 is 10.2 Å². The first-order valence-corrected chi connectivity index (χ1v) is 9.50. The second-order valence-corrected chi connectivity index (χ2v) is 8.48. The predicted octanol–water partition coefficient (Wildman–Crippen LogP) is 5.51. The Kier molecular flexibility index (Phi) is 7.28. The number of carbonyl (C=O) groups excluding carboxylic acids is 2. The van der Waals surface area contributed by atoms with Crippen molar-refractivity contribution in [3.05, 3.63) is 64.1 Å². The number of nitrogens with one attached hydrogen (secondary N) is 1. The number of benzene rings is 2. The Morgan fingerprint density at radius 3 is 2.26 bits per heavy atom. The van der Waals surface area contributed by atoms with Gasteiger partial charge in [-0.3, -0.25) is 9.59 Å². The minimum Gasteiger partial charge on any atom is -0.329 e. The molecule has 0 atom stereocenters. The van der Waals surface area contributed by atoms with E-state index in [0.717, 1.165) is 6.42 Å². The van der Waals surface area contributed by atoms with E-state index in [0.29, 0.717) is 27.8 Å². The highest BCUT2D eigenvalue weighted by Crippen LogP contribution is 2.20. The molecule has 2 amide bonds. The van der Waals surface area contributed by atoms with Crippen LogP contribution < -0.4 is 5.32 Å². The van der Waals surface area contributed by atoms with Crippen LogP contribution in [0.4, 0.5) is 5.69 Å². The summed E-state index contributed by atoms with van der Waals surface area (Å²) in [5, 5.41) is 3.89. The van der Waals surface area contributed by atoms with Crippen LogP contribution in [0.25, 0.3) is 0 Å². The van der Waals surface area contributed by atoms with Crippen LogP contribution in [0, 0.1) is 5.41 Å². The molecule has 2 rings (SSSR count). The van der Waals surface area contributed by atoms with Gasteiger partial charge in [0.15, 0.2) is 0 Å². The number of halogens is 2. The van der Waals surface area contributed by atoms with Crippen LogP contribution in [-0.4, -0.2) is 29.8 Å². The molecule has 2 aromatic rings. The van der Waals surface area contributed by atoms with Gasteiger partial charge in [-0.25, -0.2) is 0 Å². The number of hydrogen-bond donors (Lipinski definition) is 1. The molecule has 144 valence electrons. The zero-order valence-corrected chi connectivity index (χ0v) is 17.3. The average Bonchev–Trinajstić information content (AvgIpc) is 2.58. The van der Waals surface area contributed by atoms with Gasteiger partial charge in [0.2, 0.25) is 5.91 Å². The lowest BCUT2D eigenvalue weighted by Crippen LogP contribution is -2.39. The first kappa shape index (κ1) is 21.3. The fourth-order valence-electron chi connectivity index (χ4n) is 2.44. The fraction of sp³-hybridized carbons (Fsp3) is 0.333. The molecule has 27 heavy (non-hydrogen) atoms. The summed E-state index contributed by atoms with van der Waals surface area (Å²) in [6, 6.07) is 13.6. The van der Waals surface area contributed by atoms with Gasteiger partial charge >= 0.3 is 0 Å². The van der Waals surface area contributed by atoms with Crippen molar-refractivity contribution in [2.24, 2.45) is 5.41 Å². The van der Waals surface area contributed by atoms with Crippen LogP contribution in [0.2, 0.25) is 10.0 Å². The second-order valence-electron chi connectivity index (χ2n) is 7.60. The van der Waals surface area contributed by atoms with Crippen LogP contribution >= 0.6 is 23.2 Å². The average molecular weight is 407 g/mol. The zero-order valence-electron chi connectivity index (χ0n) is 15.8. The molecule has 0 saturated carbocycles. The third-order valence-electron chi connectivity index (χ3n) is 3.95. The number of hydrogen-bond acceptors (Lipinski definition) is 2. The van der Waals surface area contributed by atoms with Gasteiger partial charge in [-0.1, -0.05) is 50.0 Å². The number of nitrogens with zero attached hydrogens (tertiary/aromatic N) is 1. The molecule has 1 N–H and O–H groups in total. The molecule has 0 aliphatic heterocycles. The van der Waals surface area contributed by atoms with E-state index in [1.54, 1.807) is 53.4 Å². The molecule has 6 heteroatoms. The maximum Gasteiger partial charge on any atom is 0.254 e. The van der Waals surface area contributed by atoms with E-state index in [1.807, 2.05) is 0 Å². The van der Waals surface area contributed by atoms with Gasteiger partial charge in [-0.05, 0) is 54.3 Å². The molecule has 2 aromatic carbocycles. The Bertz CT molecular complexity index is 799. The van der Waals surface area contributed by atoms with E-state index in [4.69, 9.17) is 23.2 Å². The summed E-state index contributed by atoms with van der Waals surface area (Å²) in [5.41, 5.74) is 1.15. The van der Waals surface area contributed by atoms with Gasteiger partial charge in [0.1, 0.15) is 6.54 Å². The lowest BCUT2D eigenvalue weighted by atomic mass is 9.92. The summed E-state index contributed by atoms with van der Waals surface area (Å²) in [4.78, 5) is 26.9. The molecule has 4 nitrogen and oxygen atoms in total. The highest BCUT2D eigenvalue weighted by molar-refractivity contribution is 6.31. The quantitative estimate of drug-likeness (QED) is 0.687. The number of amides is 2. The first-order valence-electron chi connectivity index (χ1n) is 8.74. The van der Waals surface area contributed by atoms with E-state index >= 15 is 0 Å². The summed E-state index contributed by atoms with van der Waals surface area (Å²) in [6.45, 7) is 6.75. The van der Waals surface area contributed by atoms with Crippen LogP contribution in [0.5, 0.6) is 0 Å². The van der Waals surface area contributed by atoms with Crippen LogP contribution in [0.1, 0.15) is 37.6 Å². The van der Waals surface area contributed by atoms with E-state index in [9.17, 15) is 9.59 Å². The zero-order chi connectivity index (χ0) is 20.0. The third-order valence-corrected chi connectivity index (χ3v) is 4.44. The lowest BCUT2D eigenvalue weighted by molar-refractivity contribution is -0.117. The molecular weight excluding hydrogens is 383 g/mol. The maximum atomic E-state index is 12.9. The van der Waals surface area contributed by atoms with Crippen LogP contribution in [-0.2, 0) is 4.79 Å². The molecule has 0 aliphatic rings. The molecule has 0 bridgehead atoms. The van der Waals surface area contributed by atoms with E-state index < -0.39 is 0 Å². The minimum absolute atomic E-state index is 0.0376. The third kappa shape index (κ3) is 7.24. The van der Waals surface area contributed by atoms with Gasteiger partial charge in [-0.15, -0.1) is 0 Å².